The third-order valence-corrected chi connectivity index (χ3v) is 6.32. The van der Waals surface area contributed by atoms with Gasteiger partial charge in [-0.25, -0.2) is 0 Å². The van der Waals surface area contributed by atoms with E-state index in [0.717, 1.165) is 34.8 Å². The number of amides is 1. The van der Waals surface area contributed by atoms with Crippen LogP contribution < -0.4 is 14.5 Å². The molecule has 0 N–H and O–H groups in total. The van der Waals surface area contributed by atoms with Crippen molar-refractivity contribution in [3.8, 4) is 5.75 Å². The van der Waals surface area contributed by atoms with Crippen LogP contribution in [0.1, 0.15) is 41.6 Å². The number of aryl methyl sites for hydroxylation is 1. The fraction of sp³-hybridized carbons (Fsp3) is 0.458. The Bertz CT molecular complexity index is 903. The molecule has 0 unspecified atom stereocenters. The molecule has 0 bridgehead atoms. The normalized spacial score (nSPS) is 19.6. The minimum atomic E-state index is 0.0659. The second kappa shape index (κ2) is 7.71. The van der Waals surface area contributed by atoms with Gasteiger partial charge >= 0.3 is 0 Å². The Morgan fingerprint density at radius 1 is 1.03 bits per heavy atom. The molecule has 0 aromatic heterocycles. The summed E-state index contributed by atoms with van der Waals surface area (Å²) in [6, 6.07) is 14.7. The Kier molecular flexibility index (Phi) is 4.92. The van der Waals surface area contributed by atoms with Crippen LogP contribution in [0.25, 0.3) is 0 Å². The SMILES string of the molecule is Cc1ccccc1N1CN(C2CC2)c2ccc(OCCN3CCCC3)cc2C1=O. The first-order valence-electron chi connectivity index (χ1n) is 10.8. The predicted octanol–water partition coefficient (Wildman–Crippen LogP) is 4.06. The highest BCUT2D eigenvalue weighted by molar-refractivity contribution is 6.12. The van der Waals surface area contributed by atoms with E-state index >= 15 is 0 Å². The van der Waals surface area contributed by atoms with Gasteiger partial charge in [0, 0.05) is 18.3 Å². The van der Waals surface area contributed by atoms with Gasteiger partial charge in [-0.15, -0.1) is 0 Å². The molecule has 0 spiro atoms. The van der Waals surface area contributed by atoms with Gasteiger partial charge in [0.2, 0.25) is 0 Å². The number of carbonyl (C=O) groups excluding carboxylic acids is 1. The third kappa shape index (κ3) is 3.71. The molecule has 152 valence electrons. The lowest BCUT2D eigenvalue weighted by Crippen LogP contribution is -2.48. The maximum Gasteiger partial charge on any atom is 0.262 e. The van der Waals surface area contributed by atoms with Crippen LogP contribution in [0.5, 0.6) is 5.75 Å². The topological polar surface area (TPSA) is 36.0 Å². The Hall–Kier alpha value is -2.53. The van der Waals surface area contributed by atoms with Crippen molar-refractivity contribution in [1.82, 2.24) is 4.90 Å². The van der Waals surface area contributed by atoms with E-state index in [-0.39, 0.29) is 5.91 Å². The Balaban J connectivity index is 1.39. The van der Waals surface area contributed by atoms with E-state index in [0.29, 0.717) is 19.3 Å². The minimum Gasteiger partial charge on any atom is -0.492 e. The number of carbonyl (C=O) groups is 1. The highest BCUT2D eigenvalue weighted by Crippen LogP contribution is 2.40. The lowest BCUT2D eigenvalue weighted by atomic mass is 10.1. The summed E-state index contributed by atoms with van der Waals surface area (Å²) in [6.45, 7) is 6.66. The smallest absolute Gasteiger partial charge is 0.262 e. The molecule has 3 aliphatic rings. The summed E-state index contributed by atoms with van der Waals surface area (Å²) in [7, 11) is 0. The van der Waals surface area contributed by atoms with E-state index in [4.69, 9.17) is 4.74 Å². The molecule has 0 radical (unpaired) electrons. The van der Waals surface area contributed by atoms with E-state index in [1.54, 1.807) is 0 Å². The van der Waals surface area contributed by atoms with Gasteiger partial charge in [0.25, 0.3) is 5.91 Å². The van der Waals surface area contributed by atoms with Crippen molar-refractivity contribution in [2.45, 2.75) is 38.6 Å². The molecule has 5 rings (SSSR count). The lowest BCUT2D eigenvalue weighted by molar-refractivity contribution is 0.0981. The first kappa shape index (κ1) is 18.5. The summed E-state index contributed by atoms with van der Waals surface area (Å²) in [5.74, 6) is 0.856. The van der Waals surface area contributed by atoms with Gasteiger partial charge in [0.1, 0.15) is 12.4 Å². The molecule has 1 saturated carbocycles. The molecule has 5 nitrogen and oxygen atoms in total. The highest BCUT2D eigenvalue weighted by atomic mass is 16.5. The summed E-state index contributed by atoms with van der Waals surface area (Å²) >= 11 is 0. The van der Waals surface area contributed by atoms with Crippen LogP contribution in [0.3, 0.4) is 0 Å². The molecular formula is C24H29N3O2. The van der Waals surface area contributed by atoms with Gasteiger partial charge in [0.15, 0.2) is 0 Å². The lowest BCUT2D eigenvalue weighted by Gasteiger charge is -2.39. The largest absolute Gasteiger partial charge is 0.492 e. The van der Waals surface area contributed by atoms with Crippen LogP contribution in [0.4, 0.5) is 11.4 Å². The van der Waals surface area contributed by atoms with Crippen LogP contribution in [0, 0.1) is 6.92 Å². The number of anilines is 2. The number of rotatable bonds is 6. The molecule has 2 heterocycles. The van der Waals surface area contributed by atoms with Crippen LogP contribution in [-0.2, 0) is 0 Å². The first-order chi connectivity index (χ1) is 14.2. The standard InChI is InChI=1S/C24H29N3O2/c1-18-6-2-3-7-22(18)27-17-26(19-8-9-19)23-11-10-20(16-21(23)24(27)28)29-15-14-25-12-4-5-13-25/h2-3,6-7,10-11,16,19H,4-5,8-9,12-15,17H2,1H3. The van der Waals surface area contributed by atoms with Crippen molar-refractivity contribution in [3.63, 3.8) is 0 Å². The Labute approximate surface area is 172 Å². The zero-order chi connectivity index (χ0) is 19.8. The second-order valence-electron chi connectivity index (χ2n) is 8.44. The third-order valence-electron chi connectivity index (χ3n) is 6.32. The van der Waals surface area contributed by atoms with Gasteiger partial charge in [-0.3, -0.25) is 14.6 Å². The monoisotopic (exact) mass is 391 g/mol. The van der Waals surface area contributed by atoms with Crippen molar-refractivity contribution >= 4 is 17.3 Å². The molecular weight excluding hydrogens is 362 g/mol. The minimum absolute atomic E-state index is 0.0659. The molecule has 0 atom stereocenters. The number of ether oxygens (including phenoxy) is 1. The van der Waals surface area contributed by atoms with Gasteiger partial charge in [-0.05, 0) is 75.5 Å². The number of para-hydroxylation sites is 1. The second-order valence-corrected chi connectivity index (χ2v) is 8.44. The summed E-state index contributed by atoms with van der Waals surface area (Å²) < 4.78 is 6.03. The molecule has 2 aromatic rings. The highest BCUT2D eigenvalue weighted by Gasteiger charge is 2.38. The molecule has 1 aliphatic carbocycles. The van der Waals surface area contributed by atoms with Crippen molar-refractivity contribution in [1.29, 1.82) is 0 Å². The van der Waals surface area contributed by atoms with Crippen LogP contribution in [-0.4, -0.2) is 49.8 Å². The number of hydrogen-bond acceptors (Lipinski definition) is 4. The molecule has 2 aromatic carbocycles. The fourth-order valence-corrected chi connectivity index (χ4v) is 4.51. The first-order valence-corrected chi connectivity index (χ1v) is 10.8. The molecule has 2 aliphatic heterocycles. The molecule has 2 fully saturated rings. The summed E-state index contributed by atoms with van der Waals surface area (Å²) in [5, 5.41) is 0. The average Bonchev–Trinajstić information content (AvgIpc) is 3.45. The van der Waals surface area contributed by atoms with Gasteiger partial charge < -0.3 is 9.64 Å². The quantitative estimate of drug-likeness (QED) is 0.744. The number of nitrogens with zero attached hydrogens (tertiary/aromatic N) is 3. The fourth-order valence-electron chi connectivity index (χ4n) is 4.51. The molecule has 1 saturated heterocycles. The van der Waals surface area contributed by atoms with Crippen LogP contribution >= 0.6 is 0 Å². The van der Waals surface area contributed by atoms with Crippen LogP contribution in [0.2, 0.25) is 0 Å². The number of benzene rings is 2. The Morgan fingerprint density at radius 3 is 2.59 bits per heavy atom. The molecule has 5 heteroatoms. The van der Waals surface area contributed by atoms with Gasteiger partial charge in [0.05, 0.1) is 17.9 Å². The Morgan fingerprint density at radius 2 is 1.83 bits per heavy atom. The van der Waals surface area contributed by atoms with Crippen molar-refractivity contribution in [2.75, 3.05) is 42.7 Å². The maximum atomic E-state index is 13.4. The maximum absolute atomic E-state index is 13.4. The van der Waals surface area contributed by atoms with Crippen molar-refractivity contribution in [2.24, 2.45) is 0 Å². The van der Waals surface area contributed by atoms with E-state index in [2.05, 4.69) is 28.9 Å². The average molecular weight is 392 g/mol. The van der Waals surface area contributed by atoms with Crippen molar-refractivity contribution in [3.05, 3.63) is 53.6 Å². The summed E-state index contributed by atoms with van der Waals surface area (Å²) in [6.07, 6.45) is 4.98. The number of likely N-dealkylation sites (tertiary alicyclic amines) is 1. The molecule has 1 amide bonds. The van der Waals surface area contributed by atoms with E-state index in [9.17, 15) is 4.79 Å². The van der Waals surface area contributed by atoms with Crippen LogP contribution in [0.15, 0.2) is 42.5 Å². The number of hydrogen-bond donors (Lipinski definition) is 0. The summed E-state index contributed by atoms with van der Waals surface area (Å²) in [4.78, 5) is 20.2. The van der Waals surface area contributed by atoms with Crippen molar-refractivity contribution < 1.29 is 9.53 Å². The van der Waals surface area contributed by atoms with Gasteiger partial charge in [-0.1, -0.05) is 18.2 Å². The summed E-state index contributed by atoms with van der Waals surface area (Å²) in [5.41, 5.74) is 3.92. The zero-order valence-electron chi connectivity index (χ0n) is 17.1. The predicted molar refractivity (Wildman–Crippen MR) is 116 cm³/mol. The number of fused-ring (bicyclic) bond motifs is 1. The van der Waals surface area contributed by atoms with Gasteiger partial charge in [-0.2, -0.15) is 0 Å². The van der Waals surface area contributed by atoms with E-state index in [1.165, 1.54) is 38.8 Å². The van der Waals surface area contributed by atoms with E-state index < -0.39 is 0 Å². The molecule has 29 heavy (non-hydrogen) atoms. The zero-order valence-corrected chi connectivity index (χ0v) is 17.1. The van der Waals surface area contributed by atoms with E-state index in [1.807, 2.05) is 35.2 Å².